The smallest absolute Gasteiger partial charge is 0.276 e. The van der Waals surface area contributed by atoms with Crippen molar-refractivity contribution in [1.29, 1.82) is 0 Å². The fourth-order valence-corrected chi connectivity index (χ4v) is 1.73. The molecule has 0 aliphatic rings. The number of rotatable bonds is 5. The number of hydrogen-bond donors (Lipinski definition) is 2. The van der Waals surface area contributed by atoms with Gasteiger partial charge in [-0.05, 0) is 48.9 Å². The van der Waals surface area contributed by atoms with Crippen molar-refractivity contribution in [3.63, 3.8) is 0 Å². The quantitative estimate of drug-likeness (QED) is 0.650. The zero-order valence-corrected chi connectivity index (χ0v) is 13.1. The number of nitrogens with one attached hydrogen (secondary N) is 2. The number of hydrazine groups is 1. The number of carbonyl (C=O) groups excluding carboxylic acids is 2. The summed E-state index contributed by atoms with van der Waals surface area (Å²) in [6, 6.07) is 8.47. The van der Waals surface area contributed by atoms with E-state index in [4.69, 9.17) is 20.8 Å². The third-order valence-corrected chi connectivity index (χ3v) is 3.19. The molecule has 0 bridgehead atoms. The van der Waals surface area contributed by atoms with E-state index in [0.29, 0.717) is 16.5 Å². The molecule has 2 N–H and O–H groups in total. The van der Waals surface area contributed by atoms with Crippen LogP contribution in [0.25, 0.3) is 6.08 Å². The Morgan fingerprint density at radius 3 is 2.83 bits per heavy atom. The molecular weight excluding hydrogens is 320 g/mol. The van der Waals surface area contributed by atoms with Crippen LogP contribution in [0.15, 0.2) is 47.1 Å². The zero-order chi connectivity index (χ0) is 16.7. The second kappa shape index (κ2) is 8.05. The molecular formula is C16H15ClN2O4. The molecule has 2 rings (SSSR count). The van der Waals surface area contributed by atoms with Crippen molar-refractivity contribution in [2.75, 3.05) is 6.61 Å². The molecule has 7 heteroatoms. The van der Waals surface area contributed by atoms with E-state index in [0.717, 1.165) is 5.56 Å². The standard InChI is InChI=1S/C16H15ClN2O4/c1-11-9-13(4-6-14(11)17)23-10-16(21)19-18-15(20)7-5-12-3-2-8-22-12/h2-9H,10H2,1H3,(H,18,20)(H,19,21)/b7-5+. The minimum absolute atomic E-state index is 0.233. The van der Waals surface area contributed by atoms with E-state index in [1.54, 1.807) is 30.3 Å². The summed E-state index contributed by atoms with van der Waals surface area (Å²) in [5.41, 5.74) is 5.32. The van der Waals surface area contributed by atoms with Crippen molar-refractivity contribution in [2.24, 2.45) is 0 Å². The minimum Gasteiger partial charge on any atom is -0.484 e. The van der Waals surface area contributed by atoms with E-state index in [1.807, 2.05) is 6.92 Å². The van der Waals surface area contributed by atoms with Gasteiger partial charge in [-0.15, -0.1) is 0 Å². The van der Waals surface area contributed by atoms with Crippen molar-refractivity contribution < 1.29 is 18.7 Å². The molecule has 23 heavy (non-hydrogen) atoms. The first-order valence-corrected chi connectivity index (χ1v) is 7.12. The van der Waals surface area contributed by atoms with Gasteiger partial charge in [-0.25, -0.2) is 0 Å². The normalized spacial score (nSPS) is 10.5. The average molecular weight is 335 g/mol. The lowest BCUT2D eigenvalue weighted by Crippen LogP contribution is -2.43. The number of aryl methyl sites for hydroxylation is 1. The highest BCUT2D eigenvalue weighted by atomic mass is 35.5. The predicted molar refractivity (Wildman–Crippen MR) is 85.7 cm³/mol. The molecule has 0 atom stereocenters. The summed E-state index contributed by atoms with van der Waals surface area (Å²) in [6.45, 7) is 1.60. The van der Waals surface area contributed by atoms with Crippen molar-refractivity contribution in [1.82, 2.24) is 10.9 Å². The molecule has 1 aromatic heterocycles. The summed E-state index contributed by atoms with van der Waals surface area (Å²) in [5, 5.41) is 0.623. The Morgan fingerprint density at radius 1 is 1.30 bits per heavy atom. The fraction of sp³-hybridized carbons (Fsp3) is 0.125. The average Bonchev–Trinajstić information content (AvgIpc) is 3.05. The van der Waals surface area contributed by atoms with Crippen LogP contribution in [0.3, 0.4) is 0 Å². The number of benzene rings is 1. The van der Waals surface area contributed by atoms with Gasteiger partial charge in [0.2, 0.25) is 0 Å². The van der Waals surface area contributed by atoms with Crippen LogP contribution in [0.1, 0.15) is 11.3 Å². The molecule has 0 fully saturated rings. The molecule has 0 saturated heterocycles. The second-order valence-corrected chi connectivity index (χ2v) is 4.99. The van der Waals surface area contributed by atoms with E-state index in [2.05, 4.69) is 10.9 Å². The number of hydrogen-bond acceptors (Lipinski definition) is 4. The summed E-state index contributed by atoms with van der Waals surface area (Å²) in [4.78, 5) is 23.1. The molecule has 0 aliphatic heterocycles. The molecule has 120 valence electrons. The van der Waals surface area contributed by atoms with Gasteiger partial charge in [0.25, 0.3) is 11.8 Å². The van der Waals surface area contributed by atoms with Crippen molar-refractivity contribution in [2.45, 2.75) is 6.92 Å². The van der Waals surface area contributed by atoms with Crippen LogP contribution in [0.5, 0.6) is 5.75 Å². The highest BCUT2D eigenvalue weighted by Gasteiger charge is 2.05. The van der Waals surface area contributed by atoms with Crippen LogP contribution in [0.4, 0.5) is 0 Å². The summed E-state index contributed by atoms with van der Waals surface area (Å²) in [7, 11) is 0. The summed E-state index contributed by atoms with van der Waals surface area (Å²) >= 11 is 5.90. The lowest BCUT2D eigenvalue weighted by atomic mass is 10.2. The Kier molecular flexibility index (Phi) is 5.82. The topological polar surface area (TPSA) is 80.6 Å². The van der Waals surface area contributed by atoms with Crippen LogP contribution < -0.4 is 15.6 Å². The van der Waals surface area contributed by atoms with Crippen LogP contribution in [0, 0.1) is 6.92 Å². The summed E-state index contributed by atoms with van der Waals surface area (Å²) in [5.74, 6) is 0.0773. The molecule has 0 unspecified atom stereocenters. The molecule has 1 heterocycles. The van der Waals surface area contributed by atoms with Gasteiger partial charge in [-0.2, -0.15) is 0 Å². The molecule has 6 nitrogen and oxygen atoms in total. The van der Waals surface area contributed by atoms with Crippen LogP contribution in [-0.4, -0.2) is 18.4 Å². The van der Waals surface area contributed by atoms with Crippen molar-refractivity contribution >= 4 is 29.5 Å². The van der Waals surface area contributed by atoms with E-state index in [-0.39, 0.29) is 6.61 Å². The first kappa shape index (κ1) is 16.6. The van der Waals surface area contributed by atoms with Crippen LogP contribution in [-0.2, 0) is 9.59 Å². The van der Waals surface area contributed by atoms with Crippen LogP contribution >= 0.6 is 11.6 Å². The zero-order valence-electron chi connectivity index (χ0n) is 12.3. The monoisotopic (exact) mass is 334 g/mol. The predicted octanol–water partition coefficient (Wildman–Crippen LogP) is 2.48. The molecule has 0 radical (unpaired) electrons. The Bertz CT molecular complexity index is 711. The molecule has 0 saturated carbocycles. The number of amides is 2. The maximum absolute atomic E-state index is 11.6. The lowest BCUT2D eigenvalue weighted by Gasteiger charge is -2.08. The highest BCUT2D eigenvalue weighted by molar-refractivity contribution is 6.31. The third-order valence-electron chi connectivity index (χ3n) is 2.77. The lowest BCUT2D eigenvalue weighted by molar-refractivity contribution is -0.128. The van der Waals surface area contributed by atoms with Gasteiger partial charge < -0.3 is 9.15 Å². The molecule has 1 aromatic carbocycles. The maximum atomic E-state index is 11.6. The second-order valence-electron chi connectivity index (χ2n) is 4.59. The molecule has 2 amide bonds. The third kappa shape index (κ3) is 5.52. The van der Waals surface area contributed by atoms with E-state index in [9.17, 15) is 9.59 Å². The number of ether oxygens (including phenoxy) is 1. The fourth-order valence-electron chi connectivity index (χ4n) is 1.61. The van der Waals surface area contributed by atoms with Gasteiger partial charge >= 0.3 is 0 Å². The van der Waals surface area contributed by atoms with Gasteiger partial charge in [0.05, 0.1) is 6.26 Å². The molecule has 0 aliphatic carbocycles. The number of carbonyl (C=O) groups is 2. The SMILES string of the molecule is Cc1cc(OCC(=O)NNC(=O)/C=C/c2ccco2)ccc1Cl. The highest BCUT2D eigenvalue weighted by Crippen LogP contribution is 2.20. The van der Waals surface area contributed by atoms with Gasteiger partial charge in [0, 0.05) is 11.1 Å². The van der Waals surface area contributed by atoms with Gasteiger partial charge in [-0.1, -0.05) is 11.6 Å². The Hall–Kier alpha value is -2.73. The number of furan rings is 1. The van der Waals surface area contributed by atoms with Crippen LogP contribution in [0.2, 0.25) is 5.02 Å². The Labute approximate surface area is 138 Å². The summed E-state index contributed by atoms with van der Waals surface area (Å²) < 4.78 is 10.3. The number of halogens is 1. The van der Waals surface area contributed by atoms with E-state index >= 15 is 0 Å². The molecule has 2 aromatic rings. The maximum Gasteiger partial charge on any atom is 0.276 e. The molecule has 0 spiro atoms. The van der Waals surface area contributed by atoms with Gasteiger partial charge in [0.15, 0.2) is 6.61 Å². The van der Waals surface area contributed by atoms with Gasteiger partial charge in [-0.3, -0.25) is 20.4 Å². The van der Waals surface area contributed by atoms with E-state index < -0.39 is 11.8 Å². The Balaban J connectivity index is 1.72. The van der Waals surface area contributed by atoms with Crippen molar-refractivity contribution in [3.8, 4) is 5.75 Å². The van der Waals surface area contributed by atoms with Crippen molar-refractivity contribution in [3.05, 3.63) is 59.0 Å². The Morgan fingerprint density at radius 2 is 2.13 bits per heavy atom. The first-order valence-electron chi connectivity index (χ1n) is 6.74. The van der Waals surface area contributed by atoms with Gasteiger partial charge in [0.1, 0.15) is 11.5 Å². The largest absolute Gasteiger partial charge is 0.484 e. The first-order chi connectivity index (χ1) is 11.0. The summed E-state index contributed by atoms with van der Waals surface area (Å²) in [6.07, 6.45) is 4.21. The minimum atomic E-state index is -0.489. The van der Waals surface area contributed by atoms with E-state index in [1.165, 1.54) is 18.4 Å².